The summed E-state index contributed by atoms with van der Waals surface area (Å²) in [4.78, 5) is 14.8. The smallest absolute Gasteiger partial charge is 0.326 e. The van der Waals surface area contributed by atoms with Crippen molar-refractivity contribution in [2.24, 2.45) is 0 Å². The molecule has 3 rings (SSSR count). The highest BCUT2D eigenvalue weighted by atomic mass is 32.2. The first kappa shape index (κ1) is 23.1. The molecule has 1 atom stereocenters. The lowest BCUT2D eigenvalue weighted by Crippen LogP contribution is -2.39. The van der Waals surface area contributed by atoms with Crippen LogP contribution < -0.4 is 15.0 Å². The molecular weight excluding hydrogens is 418 g/mol. The van der Waals surface area contributed by atoms with E-state index < -0.39 is 10.0 Å². The van der Waals surface area contributed by atoms with E-state index in [2.05, 4.69) is 5.32 Å². The number of sulfonamides is 1. The number of ether oxygens (including phenoxy) is 2. The van der Waals surface area contributed by atoms with E-state index in [-0.39, 0.29) is 23.5 Å². The number of nitrogens with one attached hydrogen (secondary N) is 1. The van der Waals surface area contributed by atoms with E-state index in [0.717, 1.165) is 17.0 Å². The van der Waals surface area contributed by atoms with Crippen LogP contribution in [-0.4, -0.2) is 58.7 Å². The topological polar surface area (TPSA) is 88.2 Å². The van der Waals surface area contributed by atoms with Gasteiger partial charge >= 0.3 is 6.03 Å². The van der Waals surface area contributed by atoms with Crippen molar-refractivity contribution in [3.05, 3.63) is 48.0 Å². The first-order valence-electron chi connectivity index (χ1n) is 10.2. The highest BCUT2D eigenvalue weighted by Gasteiger charge is 2.32. The molecule has 2 aromatic carbocycles. The fourth-order valence-corrected chi connectivity index (χ4v) is 4.79. The van der Waals surface area contributed by atoms with Gasteiger partial charge in [0.15, 0.2) is 0 Å². The van der Waals surface area contributed by atoms with Gasteiger partial charge in [-0.05, 0) is 68.3 Å². The predicted molar refractivity (Wildman–Crippen MR) is 120 cm³/mol. The summed E-state index contributed by atoms with van der Waals surface area (Å²) in [6.45, 7) is 5.01. The van der Waals surface area contributed by atoms with Crippen LogP contribution in [0.1, 0.15) is 19.4 Å². The average Bonchev–Trinajstić information content (AvgIpc) is 3.08. The van der Waals surface area contributed by atoms with Crippen LogP contribution in [0.3, 0.4) is 0 Å². The highest BCUT2D eigenvalue weighted by Crippen LogP contribution is 2.35. The lowest BCUT2D eigenvalue weighted by Gasteiger charge is -2.23. The van der Waals surface area contributed by atoms with Gasteiger partial charge in [0.1, 0.15) is 5.75 Å². The molecule has 168 valence electrons. The second-order valence-corrected chi connectivity index (χ2v) is 9.47. The van der Waals surface area contributed by atoms with Gasteiger partial charge in [-0.1, -0.05) is 0 Å². The van der Waals surface area contributed by atoms with Gasteiger partial charge in [-0.3, -0.25) is 4.90 Å². The first-order valence-corrected chi connectivity index (χ1v) is 11.6. The molecule has 0 spiro atoms. The van der Waals surface area contributed by atoms with Crippen molar-refractivity contribution in [3.8, 4) is 5.75 Å². The van der Waals surface area contributed by atoms with Crippen molar-refractivity contribution < 1.29 is 22.7 Å². The summed E-state index contributed by atoms with van der Waals surface area (Å²) < 4.78 is 37.3. The van der Waals surface area contributed by atoms with Crippen molar-refractivity contribution in [1.82, 2.24) is 4.31 Å². The van der Waals surface area contributed by atoms with Gasteiger partial charge in [0, 0.05) is 38.1 Å². The average molecular weight is 448 g/mol. The van der Waals surface area contributed by atoms with Crippen molar-refractivity contribution in [2.45, 2.75) is 31.2 Å². The van der Waals surface area contributed by atoms with E-state index in [1.807, 2.05) is 13.8 Å². The fraction of sp³-hybridized carbons (Fsp3) is 0.409. The third-order valence-corrected chi connectivity index (χ3v) is 7.07. The Morgan fingerprint density at radius 1 is 1.23 bits per heavy atom. The molecule has 0 saturated carbocycles. The number of nitrogens with zero attached hydrogens (tertiary/aromatic N) is 2. The van der Waals surface area contributed by atoms with Crippen LogP contribution in [0.25, 0.3) is 0 Å². The van der Waals surface area contributed by atoms with Crippen molar-refractivity contribution in [2.75, 3.05) is 44.1 Å². The molecule has 1 aliphatic heterocycles. The minimum absolute atomic E-state index is 0.0955. The van der Waals surface area contributed by atoms with Gasteiger partial charge < -0.3 is 14.8 Å². The lowest BCUT2D eigenvalue weighted by molar-refractivity contribution is 0.185. The van der Waals surface area contributed by atoms with Gasteiger partial charge in [-0.15, -0.1) is 0 Å². The molecule has 8 nitrogen and oxygen atoms in total. The van der Waals surface area contributed by atoms with Gasteiger partial charge in [-0.25, -0.2) is 13.2 Å². The number of carbonyl (C=O) groups excluding carboxylic acids is 1. The van der Waals surface area contributed by atoms with Crippen LogP contribution in [0.4, 0.5) is 16.2 Å². The molecule has 0 aliphatic carbocycles. The number of amides is 2. The Balaban J connectivity index is 1.78. The molecule has 1 heterocycles. The number of carbonyl (C=O) groups is 1. The second-order valence-electron chi connectivity index (χ2n) is 7.42. The molecule has 31 heavy (non-hydrogen) atoms. The van der Waals surface area contributed by atoms with Crippen LogP contribution >= 0.6 is 0 Å². The van der Waals surface area contributed by atoms with Gasteiger partial charge in [0.25, 0.3) is 0 Å². The fourth-order valence-electron chi connectivity index (χ4n) is 3.58. The molecule has 1 unspecified atom stereocenters. The van der Waals surface area contributed by atoms with Crippen LogP contribution in [-0.2, 0) is 21.2 Å². The summed E-state index contributed by atoms with van der Waals surface area (Å²) >= 11 is 0. The van der Waals surface area contributed by atoms with Gasteiger partial charge in [-0.2, -0.15) is 4.31 Å². The zero-order chi connectivity index (χ0) is 22.6. The van der Waals surface area contributed by atoms with E-state index in [4.69, 9.17) is 9.47 Å². The number of likely N-dealkylation sites (N-methyl/N-ethyl adjacent to an activating group) is 1. The zero-order valence-electron chi connectivity index (χ0n) is 18.3. The predicted octanol–water partition coefficient (Wildman–Crippen LogP) is 3.34. The zero-order valence-corrected chi connectivity index (χ0v) is 19.1. The molecule has 2 aromatic rings. The maximum atomic E-state index is 13.0. The summed E-state index contributed by atoms with van der Waals surface area (Å²) in [5, 5.41) is 2.90. The summed E-state index contributed by atoms with van der Waals surface area (Å²) in [5.41, 5.74) is 2.21. The summed E-state index contributed by atoms with van der Waals surface area (Å²) in [6, 6.07) is 11.7. The Morgan fingerprint density at radius 2 is 1.94 bits per heavy atom. The Kier molecular flexibility index (Phi) is 7.19. The maximum Gasteiger partial charge on any atom is 0.326 e. The number of methoxy groups -OCH3 is 1. The van der Waals surface area contributed by atoms with Crippen LogP contribution in [0.15, 0.2) is 47.4 Å². The largest absolute Gasteiger partial charge is 0.494 e. The number of hydrogen-bond acceptors (Lipinski definition) is 5. The SMILES string of the molecule is CCOc1ccc(NC(=O)N2c3ccc(S(=O)(=O)N(C)CCOC)cc3CC2C)cc1. The molecule has 0 radical (unpaired) electrons. The minimum Gasteiger partial charge on any atom is -0.494 e. The molecule has 0 bridgehead atoms. The highest BCUT2D eigenvalue weighted by molar-refractivity contribution is 7.89. The minimum atomic E-state index is -3.62. The Hall–Kier alpha value is -2.62. The Morgan fingerprint density at radius 3 is 2.58 bits per heavy atom. The van der Waals surface area contributed by atoms with Crippen molar-refractivity contribution in [1.29, 1.82) is 0 Å². The normalized spacial score (nSPS) is 15.8. The number of anilines is 2. The Bertz CT molecular complexity index is 1020. The quantitative estimate of drug-likeness (QED) is 0.671. The van der Waals surface area contributed by atoms with Gasteiger partial charge in [0.2, 0.25) is 10.0 Å². The van der Waals surface area contributed by atoms with E-state index in [0.29, 0.717) is 25.3 Å². The summed E-state index contributed by atoms with van der Waals surface area (Å²) in [5.74, 6) is 0.740. The molecule has 9 heteroatoms. The Labute approximate surface area is 183 Å². The molecule has 0 aromatic heterocycles. The van der Waals surface area contributed by atoms with E-state index in [9.17, 15) is 13.2 Å². The second kappa shape index (κ2) is 9.67. The molecule has 0 fully saturated rings. The number of rotatable bonds is 8. The number of urea groups is 1. The van der Waals surface area contributed by atoms with E-state index in [1.165, 1.54) is 18.5 Å². The van der Waals surface area contributed by atoms with Gasteiger partial charge in [0.05, 0.1) is 18.1 Å². The monoisotopic (exact) mass is 447 g/mol. The summed E-state index contributed by atoms with van der Waals surface area (Å²) in [6.07, 6.45) is 0.581. The molecule has 1 aliphatic rings. The number of benzene rings is 2. The van der Waals surface area contributed by atoms with Crippen LogP contribution in [0.2, 0.25) is 0 Å². The molecule has 2 amide bonds. The number of hydrogen-bond donors (Lipinski definition) is 1. The van der Waals surface area contributed by atoms with Crippen molar-refractivity contribution >= 4 is 27.4 Å². The summed E-state index contributed by atoms with van der Waals surface area (Å²) in [7, 11) is -0.563. The van der Waals surface area contributed by atoms with E-state index in [1.54, 1.807) is 47.4 Å². The van der Waals surface area contributed by atoms with Crippen LogP contribution in [0.5, 0.6) is 5.75 Å². The van der Waals surface area contributed by atoms with Crippen molar-refractivity contribution in [3.63, 3.8) is 0 Å². The third kappa shape index (κ3) is 5.00. The molecule has 0 saturated heterocycles. The number of fused-ring (bicyclic) bond motifs is 1. The van der Waals surface area contributed by atoms with E-state index >= 15 is 0 Å². The standard InChI is InChI=1S/C22H29N3O5S/c1-5-30-19-8-6-18(7-9-19)23-22(26)25-16(2)14-17-15-20(10-11-21(17)25)31(27,28)24(3)12-13-29-4/h6-11,15-16H,5,12-14H2,1-4H3,(H,23,26). The maximum absolute atomic E-state index is 13.0. The first-order chi connectivity index (χ1) is 14.8. The van der Waals surface area contributed by atoms with Crippen LogP contribution in [0, 0.1) is 0 Å². The molecular formula is C22H29N3O5S. The lowest BCUT2D eigenvalue weighted by atomic mass is 10.1. The third-order valence-electron chi connectivity index (χ3n) is 5.22. The molecule has 1 N–H and O–H groups in total.